The van der Waals surface area contributed by atoms with E-state index in [2.05, 4.69) is 10.6 Å². The van der Waals surface area contributed by atoms with E-state index in [9.17, 15) is 14.4 Å². The topological polar surface area (TPSA) is 122 Å². The third-order valence-electron chi connectivity index (χ3n) is 3.28. The standard InChI is InChI=1S/C12H23N3O4/c1-7(2)12(3,4)6-14-11(19)15-8(10(17)18)5-9(13)16/h7-8H,5-6H2,1-4H3,(H2,13,16)(H,17,18)(H2,14,15,19)/t8-/m0/s1. The molecule has 0 bridgehead atoms. The van der Waals surface area contributed by atoms with Gasteiger partial charge in [-0.2, -0.15) is 0 Å². The Morgan fingerprint density at radius 3 is 2.16 bits per heavy atom. The molecule has 0 heterocycles. The number of hydrogen-bond acceptors (Lipinski definition) is 3. The van der Waals surface area contributed by atoms with E-state index in [0.717, 1.165) is 0 Å². The summed E-state index contributed by atoms with van der Waals surface area (Å²) >= 11 is 0. The molecule has 0 aromatic heterocycles. The number of nitrogens with two attached hydrogens (primary N) is 1. The van der Waals surface area contributed by atoms with Crippen LogP contribution in [0.2, 0.25) is 0 Å². The Bertz CT molecular complexity index is 353. The summed E-state index contributed by atoms with van der Waals surface area (Å²) in [6.45, 7) is 8.46. The summed E-state index contributed by atoms with van der Waals surface area (Å²) in [6.07, 6.45) is -0.434. The van der Waals surface area contributed by atoms with E-state index < -0.39 is 30.4 Å². The molecule has 5 N–H and O–H groups in total. The van der Waals surface area contributed by atoms with Gasteiger partial charge in [-0.1, -0.05) is 27.7 Å². The Kier molecular flexibility index (Phi) is 6.31. The van der Waals surface area contributed by atoms with Crippen molar-refractivity contribution < 1.29 is 19.5 Å². The number of nitrogens with one attached hydrogen (secondary N) is 2. The van der Waals surface area contributed by atoms with Crippen molar-refractivity contribution in [1.29, 1.82) is 0 Å². The number of carbonyl (C=O) groups is 3. The molecule has 0 saturated carbocycles. The molecule has 1 atom stereocenters. The van der Waals surface area contributed by atoms with E-state index >= 15 is 0 Å². The smallest absolute Gasteiger partial charge is 0.326 e. The molecule has 0 fully saturated rings. The predicted octanol–water partition coefficient (Wildman–Crippen LogP) is 0.296. The fraction of sp³-hybridized carbons (Fsp3) is 0.750. The zero-order valence-electron chi connectivity index (χ0n) is 11.8. The minimum atomic E-state index is -1.31. The van der Waals surface area contributed by atoms with Gasteiger partial charge >= 0.3 is 12.0 Å². The summed E-state index contributed by atoms with van der Waals surface area (Å²) in [5.74, 6) is -1.72. The van der Waals surface area contributed by atoms with Crippen LogP contribution in [-0.4, -0.2) is 35.6 Å². The molecule has 0 rings (SSSR count). The van der Waals surface area contributed by atoms with Gasteiger partial charge < -0.3 is 21.5 Å². The zero-order chi connectivity index (χ0) is 15.2. The Labute approximate surface area is 112 Å². The average molecular weight is 273 g/mol. The van der Waals surface area contributed by atoms with E-state index in [0.29, 0.717) is 12.5 Å². The molecular formula is C12H23N3O4. The number of amides is 3. The molecule has 0 aromatic carbocycles. The first kappa shape index (κ1) is 17.2. The molecule has 0 aliphatic carbocycles. The maximum absolute atomic E-state index is 11.6. The van der Waals surface area contributed by atoms with Crippen LogP contribution in [0.25, 0.3) is 0 Å². The lowest BCUT2D eigenvalue weighted by atomic mass is 9.81. The van der Waals surface area contributed by atoms with Crippen LogP contribution in [0.1, 0.15) is 34.1 Å². The fourth-order valence-corrected chi connectivity index (χ4v) is 1.12. The SMILES string of the molecule is CC(C)C(C)(C)CNC(=O)N[C@@H](CC(N)=O)C(=O)O. The first-order valence-electron chi connectivity index (χ1n) is 6.11. The minimum Gasteiger partial charge on any atom is -0.480 e. The number of hydrogen-bond donors (Lipinski definition) is 4. The molecule has 0 aliphatic heterocycles. The molecule has 19 heavy (non-hydrogen) atoms. The van der Waals surface area contributed by atoms with Crippen molar-refractivity contribution in [1.82, 2.24) is 10.6 Å². The van der Waals surface area contributed by atoms with Crippen molar-refractivity contribution in [3.05, 3.63) is 0 Å². The number of primary amides is 1. The Hall–Kier alpha value is -1.79. The number of aliphatic carboxylic acids is 1. The first-order valence-corrected chi connectivity index (χ1v) is 6.11. The summed E-state index contributed by atoms with van der Waals surface area (Å²) in [5.41, 5.74) is 4.80. The van der Waals surface area contributed by atoms with Gasteiger partial charge in [0.15, 0.2) is 0 Å². The molecule has 0 aliphatic rings. The third-order valence-corrected chi connectivity index (χ3v) is 3.28. The molecule has 0 spiro atoms. The minimum absolute atomic E-state index is 0.111. The second kappa shape index (κ2) is 6.96. The summed E-state index contributed by atoms with van der Waals surface area (Å²) in [7, 11) is 0. The molecular weight excluding hydrogens is 250 g/mol. The summed E-state index contributed by atoms with van der Waals surface area (Å²) in [6, 6.07) is -1.93. The molecule has 3 amide bonds. The van der Waals surface area contributed by atoms with Gasteiger partial charge in [-0.25, -0.2) is 9.59 Å². The van der Waals surface area contributed by atoms with Crippen LogP contribution in [-0.2, 0) is 9.59 Å². The number of rotatable bonds is 7. The van der Waals surface area contributed by atoms with Gasteiger partial charge in [0, 0.05) is 6.54 Å². The fourth-order valence-electron chi connectivity index (χ4n) is 1.12. The van der Waals surface area contributed by atoms with E-state index in [1.807, 2.05) is 27.7 Å². The van der Waals surface area contributed by atoms with Gasteiger partial charge in [-0.15, -0.1) is 0 Å². The highest BCUT2D eigenvalue weighted by atomic mass is 16.4. The zero-order valence-corrected chi connectivity index (χ0v) is 11.8. The summed E-state index contributed by atoms with van der Waals surface area (Å²) in [5, 5.41) is 13.6. The molecule has 7 heteroatoms. The maximum atomic E-state index is 11.6. The van der Waals surface area contributed by atoms with Crippen molar-refractivity contribution in [3.8, 4) is 0 Å². The van der Waals surface area contributed by atoms with Gasteiger partial charge in [0.2, 0.25) is 5.91 Å². The molecule has 0 radical (unpaired) electrons. The lowest BCUT2D eigenvalue weighted by Crippen LogP contribution is -2.49. The van der Waals surface area contributed by atoms with E-state index in [1.54, 1.807) is 0 Å². The van der Waals surface area contributed by atoms with Crippen molar-refractivity contribution >= 4 is 17.9 Å². The number of carboxylic acid groups (broad SMARTS) is 1. The highest BCUT2D eigenvalue weighted by molar-refractivity contribution is 5.87. The van der Waals surface area contributed by atoms with E-state index in [-0.39, 0.29) is 5.41 Å². The van der Waals surface area contributed by atoms with Crippen molar-refractivity contribution in [2.45, 2.75) is 40.2 Å². The summed E-state index contributed by atoms with van der Waals surface area (Å²) in [4.78, 5) is 33.1. The predicted molar refractivity (Wildman–Crippen MR) is 70.4 cm³/mol. The summed E-state index contributed by atoms with van der Waals surface area (Å²) < 4.78 is 0. The molecule has 0 aromatic rings. The Morgan fingerprint density at radius 2 is 1.79 bits per heavy atom. The van der Waals surface area contributed by atoms with Crippen LogP contribution in [0.4, 0.5) is 4.79 Å². The lowest BCUT2D eigenvalue weighted by molar-refractivity contribution is -0.140. The molecule has 110 valence electrons. The van der Waals surface area contributed by atoms with Crippen LogP contribution >= 0.6 is 0 Å². The van der Waals surface area contributed by atoms with Gasteiger partial charge in [0.1, 0.15) is 6.04 Å². The van der Waals surface area contributed by atoms with Gasteiger partial charge in [-0.3, -0.25) is 4.79 Å². The largest absolute Gasteiger partial charge is 0.480 e. The molecule has 0 unspecified atom stereocenters. The van der Waals surface area contributed by atoms with Crippen LogP contribution in [0.3, 0.4) is 0 Å². The Morgan fingerprint density at radius 1 is 1.26 bits per heavy atom. The van der Waals surface area contributed by atoms with Crippen molar-refractivity contribution in [2.24, 2.45) is 17.1 Å². The van der Waals surface area contributed by atoms with Crippen LogP contribution < -0.4 is 16.4 Å². The van der Waals surface area contributed by atoms with Crippen LogP contribution in [0, 0.1) is 11.3 Å². The van der Waals surface area contributed by atoms with E-state index in [1.165, 1.54) is 0 Å². The molecule has 0 saturated heterocycles. The second-order valence-electron chi connectivity index (χ2n) is 5.53. The lowest BCUT2D eigenvalue weighted by Gasteiger charge is -2.29. The normalized spacial score (nSPS) is 12.9. The monoisotopic (exact) mass is 273 g/mol. The van der Waals surface area contributed by atoms with Gasteiger partial charge in [0.25, 0.3) is 0 Å². The first-order chi connectivity index (χ1) is 8.56. The Balaban J connectivity index is 4.36. The van der Waals surface area contributed by atoms with E-state index in [4.69, 9.17) is 10.8 Å². The highest BCUT2D eigenvalue weighted by Gasteiger charge is 2.25. The number of urea groups is 1. The van der Waals surface area contributed by atoms with Gasteiger partial charge in [-0.05, 0) is 11.3 Å². The van der Waals surface area contributed by atoms with Crippen LogP contribution in [0.5, 0.6) is 0 Å². The second-order valence-corrected chi connectivity index (χ2v) is 5.53. The number of carbonyl (C=O) groups excluding carboxylic acids is 2. The average Bonchev–Trinajstić information content (AvgIpc) is 2.24. The third kappa shape index (κ3) is 6.64. The maximum Gasteiger partial charge on any atom is 0.326 e. The number of carboxylic acids is 1. The molecule has 7 nitrogen and oxygen atoms in total. The highest BCUT2D eigenvalue weighted by Crippen LogP contribution is 2.24. The quantitative estimate of drug-likeness (QED) is 0.532. The van der Waals surface area contributed by atoms with Crippen LogP contribution in [0.15, 0.2) is 0 Å². The van der Waals surface area contributed by atoms with Crippen molar-refractivity contribution in [2.75, 3.05) is 6.54 Å². The van der Waals surface area contributed by atoms with Crippen molar-refractivity contribution in [3.63, 3.8) is 0 Å². The van der Waals surface area contributed by atoms with Gasteiger partial charge in [0.05, 0.1) is 6.42 Å².